The number of rotatable bonds is 6. The van der Waals surface area contributed by atoms with Gasteiger partial charge in [-0.3, -0.25) is 0 Å². The third-order valence-corrected chi connectivity index (χ3v) is 5.06. The molecule has 0 fully saturated rings. The highest BCUT2D eigenvalue weighted by Crippen LogP contribution is 2.22. The molecule has 0 aliphatic heterocycles. The van der Waals surface area contributed by atoms with E-state index in [1.807, 2.05) is 24.3 Å². The van der Waals surface area contributed by atoms with Gasteiger partial charge in [-0.2, -0.15) is 0 Å². The predicted molar refractivity (Wildman–Crippen MR) is 128 cm³/mol. The van der Waals surface area contributed by atoms with Gasteiger partial charge in [0.1, 0.15) is 11.5 Å². The average molecular weight is 392 g/mol. The standard InChI is InChI=1S/C28H24O2/c1-29-27-15-9-21(10-16-27)3-5-23-7-13-25-14-8-24(20-26(25)19-23)6-4-22-11-17-28(30-2)18-12-22/h3-20H,1-2H3/b5-3+,6-4+. The zero-order valence-electron chi connectivity index (χ0n) is 17.2. The fraction of sp³-hybridized carbons (Fsp3) is 0.0714. The molecule has 0 heterocycles. The number of methoxy groups -OCH3 is 2. The van der Waals surface area contributed by atoms with Crippen molar-refractivity contribution < 1.29 is 9.47 Å². The van der Waals surface area contributed by atoms with Gasteiger partial charge in [-0.05, 0) is 69.4 Å². The van der Waals surface area contributed by atoms with E-state index >= 15 is 0 Å². The van der Waals surface area contributed by atoms with Crippen molar-refractivity contribution in [2.75, 3.05) is 14.2 Å². The molecule has 4 aromatic carbocycles. The Morgan fingerprint density at radius 1 is 0.433 bits per heavy atom. The molecular weight excluding hydrogens is 368 g/mol. The summed E-state index contributed by atoms with van der Waals surface area (Å²) in [7, 11) is 3.36. The average Bonchev–Trinajstić information content (AvgIpc) is 2.81. The number of hydrogen-bond donors (Lipinski definition) is 0. The molecule has 2 heteroatoms. The zero-order valence-corrected chi connectivity index (χ0v) is 17.2. The first kappa shape index (κ1) is 19.5. The van der Waals surface area contributed by atoms with E-state index < -0.39 is 0 Å². The van der Waals surface area contributed by atoms with Crippen LogP contribution in [0.4, 0.5) is 0 Å². The summed E-state index contributed by atoms with van der Waals surface area (Å²) in [4.78, 5) is 0. The third kappa shape index (κ3) is 4.79. The molecule has 0 saturated heterocycles. The SMILES string of the molecule is COc1ccc(/C=C/c2ccc3ccc(/C=C/c4ccc(OC)cc4)cc3c2)cc1. The summed E-state index contributed by atoms with van der Waals surface area (Å²) in [5, 5.41) is 2.46. The Balaban J connectivity index is 1.54. The number of fused-ring (bicyclic) bond motifs is 1. The van der Waals surface area contributed by atoms with Gasteiger partial charge in [0.15, 0.2) is 0 Å². The lowest BCUT2D eigenvalue weighted by atomic mass is 10.0. The van der Waals surface area contributed by atoms with Gasteiger partial charge in [0.25, 0.3) is 0 Å². The maximum absolute atomic E-state index is 5.21. The van der Waals surface area contributed by atoms with Crippen LogP contribution in [0.5, 0.6) is 11.5 Å². The number of ether oxygens (including phenoxy) is 2. The Morgan fingerprint density at radius 3 is 1.20 bits per heavy atom. The van der Waals surface area contributed by atoms with Crippen LogP contribution >= 0.6 is 0 Å². The maximum atomic E-state index is 5.21. The number of benzene rings is 4. The second-order valence-electron chi connectivity index (χ2n) is 7.08. The Hall–Kier alpha value is -3.78. The van der Waals surface area contributed by atoms with Crippen LogP contribution in [-0.2, 0) is 0 Å². The fourth-order valence-electron chi connectivity index (χ4n) is 3.31. The van der Waals surface area contributed by atoms with Crippen LogP contribution in [0.1, 0.15) is 22.3 Å². The minimum absolute atomic E-state index is 0.869. The lowest BCUT2D eigenvalue weighted by molar-refractivity contribution is 0.414. The molecule has 0 aromatic heterocycles. The summed E-state index contributed by atoms with van der Waals surface area (Å²) < 4.78 is 10.4. The monoisotopic (exact) mass is 392 g/mol. The van der Waals surface area contributed by atoms with Crippen molar-refractivity contribution in [2.45, 2.75) is 0 Å². The predicted octanol–water partition coefficient (Wildman–Crippen LogP) is 7.20. The molecule has 4 aromatic rings. The minimum atomic E-state index is 0.869. The van der Waals surface area contributed by atoms with Gasteiger partial charge in [-0.25, -0.2) is 0 Å². The Kier molecular flexibility index (Phi) is 5.95. The van der Waals surface area contributed by atoms with E-state index in [-0.39, 0.29) is 0 Å². The van der Waals surface area contributed by atoms with Crippen LogP contribution in [-0.4, -0.2) is 14.2 Å². The Labute approximate surface area is 177 Å². The van der Waals surface area contributed by atoms with Crippen LogP contribution in [0, 0.1) is 0 Å². The third-order valence-electron chi connectivity index (χ3n) is 5.06. The molecule has 0 saturated carbocycles. The van der Waals surface area contributed by atoms with Crippen molar-refractivity contribution >= 4 is 35.1 Å². The molecule has 0 radical (unpaired) electrons. The van der Waals surface area contributed by atoms with E-state index in [9.17, 15) is 0 Å². The minimum Gasteiger partial charge on any atom is -0.497 e. The smallest absolute Gasteiger partial charge is 0.118 e. The largest absolute Gasteiger partial charge is 0.497 e. The fourth-order valence-corrected chi connectivity index (χ4v) is 3.31. The van der Waals surface area contributed by atoms with Crippen LogP contribution in [0.15, 0.2) is 84.9 Å². The molecule has 0 aliphatic rings. The second-order valence-corrected chi connectivity index (χ2v) is 7.08. The summed E-state index contributed by atoms with van der Waals surface area (Å²) in [6, 6.07) is 29.2. The van der Waals surface area contributed by atoms with Crippen LogP contribution in [0.2, 0.25) is 0 Å². The molecule has 0 N–H and O–H groups in total. The highest BCUT2D eigenvalue weighted by Gasteiger charge is 1.97. The molecule has 30 heavy (non-hydrogen) atoms. The van der Waals surface area contributed by atoms with Crippen LogP contribution < -0.4 is 9.47 Å². The lowest BCUT2D eigenvalue weighted by Crippen LogP contribution is -1.82. The quantitative estimate of drug-likeness (QED) is 0.323. The van der Waals surface area contributed by atoms with Crippen molar-refractivity contribution in [1.29, 1.82) is 0 Å². The van der Waals surface area contributed by atoms with E-state index in [0.29, 0.717) is 0 Å². The normalized spacial score (nSPS) is 11.4. The van der Waals surface area contributed by atoms with Gasteiger partial charge in [0.2, 0.25) is 0 Å². The topological polar surface area (TPSA) is 18.5 Å². The molecule has 4 rings (SSSR count). The Morgan fingerprint density at radius 2 is 0.800 bits per heavy atom. The van der Waals surface area contributed by atoms with Crippen molar-refractivity contribution in [3.63, 3.8) is 0 Å². The molecule has 0 unspecified atom stereocenters. The second kappa shape index (κ2) is 9.15. The Bertz CT molecular complexity index is 1090. The van der Waals surface area contributed by atoms with Crippen molar-refractivity contribution in [2.24, 2.45) is 0 Å². The molecule has 148 valence electrons. The van der Waals surface area contributed by atoms with E-state index in [0.717, 1.165) is 22.6 Å². The van der Waals surface area contributed by atoms with E-state index in [4.69, 9.17) is 9.47 Å². The summed E-state index contributed by atoms with van der Waals surface area (Å²) in [5.74, 6) is 1.74. The van der Waals surface area contributed by atoms with Crippen LogP contribution in [0.25, 0.3) is 35.1 Å². The summed E-state index contributed by atoms with van der Waals surface area (Å²) in [6.07, 6.45) is 8.52. The molecule has 0 bridgehead atoms. The van der Waals surface area contributed by atoms with Gasteiger partial charge < -0.3 is 9.47 Å². The van der Waals surface area contributed by atoms with Gasteiger partial charge in [-0.15, -0.1) is 0 Å². The molecule has 0 aliphatic carbocycles. The van der Waals surface area contributed by atoms with Gasteiger partial charge >= 0.3 is 0 Å². The van der Waals surface area contributed by atoms with Crippen molar-refractivity contribution in [3.8, 4) is 11.5 Å². The highest BCUT2D eigenvalue weighted by atomic mass is 16.5. The van der Waals surface area contributed by atoms with Gasteiger partial charge in [0.05, 0.1) is 14.2 Å². The highest BCUT2D eigenvalue weighted by molar-refractivity contribution is 5.88. The molecule has 0 atom stereocenters. The summed E-state index contributed by atoms with van der Waals surface area (Å²) in [5.41, 5.74) is 4.64. The molecule has 0 spiro atoms. The first-order valence-corrected chi connectivity index (χ1v) is 9.91. The lowest BCUT2D eigenvalue weighted by Gasteiger charge is -2.03. The molecule has 2 nitrogen and oxygen atoms in total. The first-order valence-electron chi connectivity index (χ1n) is 9.91. The van der Waals surface area contributed by atoms with Gasteiger partial charge in [-0.1, -0.05) is 72.8 Å². The van der Waals surface area contributed by atoms with Crippen molar-refractivity contribution in [3.05, 3.63) is 107 Å². The van der Waals surface area contributed by atoms with Crippen molar-refractivity contribution in [1.82, 2.24) is 0 Å². The van der Waals surface area contributed by atoms with Gasteiger partial charge in [0, 0.05) is 0 Å². The molecule has 0 amide bonds. The van der Waals surface area contributed by atoms with E-state index in [1.165, 1.54) is 21.9 Å². The summed E-state index contributed by atoms with van der Waals surface area (Å²) >= 11 is 0. The molecular formula is C28H24O2. The number of hydrogen-bond acceptors (Lipinski definition) is 2. The van der Waals surface area contributed by atoms with Crippen LogP contribution in [0.3, 0.4) is 0 Å². The zero-order chi connectivity index (χ0) is 20.8. The summed E-state index contributed by atoms with van der Waals surface area (Å²) in [6.45, 7) is 0. The maximum Gasteiger partial charge on any atom is 0.118 e. The van der Waals surface area contributed by atoms with E-state index in [2.05, 4.69) is 85.0 Å². The van der Waals surface area contributed by atoms with E-state index in [1.54, 1.807) is 14.2 Å². The first-order chi connectivity index (χ1) is 14.7.